The van der Waals surface area contributed by atoms with Crippen LogP contribution >= 0.6 is 27.5 Å². The summed E-state index contributed by atoms with van der Waals surface area (Å²) in [5.74, 6) is -1.30. The van der Waals surface area contributed by atoms with Crippen molar-refractivity contribution in [2.45, 2.75) is 57.9 Å². The minimum Gasteiger partial charge on any atom is -0.296 e. The van der Waals surface area contributed by atoms with Gasteiger partial charge in [0, 0.05) is 27.5 Å². The molecule has 1 heterocycles. The Labute approximate surface area is 232 Å². The number of hydrogen-bond acceptors (Lipinski definition) is 2. The third-order valence-corrected chi connectivity index (χ3v) is 8.15. The van der Waals surface area contributed by atoms with Gasteiger partial charge in [0.25, 0.3) is 0 Å². The molecule has 37 heavy (non-hydrogen) atoms. The van der Waals surface area contributed by atoms with Gasteiger partial charge >= 0.3 is 0 Å². The molecule has 1 aliphatic rings. The Bertz CT molecular complexity index is 1220. The maximum absolute atomic E-state index is 14.1. The summed E-state index contributed by atoms with van der Waals surface area (Å²) in [4.78, 5) is 15.9. The van der Waals surface area contributed by atoms with Crippen molar-refractivity contribution in [1.82, 2.24) is 4.90 Å². The lowest BCUT2D eigenvalue weighted by Crippen LogP contribution is -2.32. The second kappa shape index (κ2) is 13.1. The molecule has 3 aromatic carbocycles. The van der Waals surface area contributed by atoms with Crippen molar-refractivity contribution in [2.75, 3.05) is 13.1 Å². The number of aryl methyl sites for hydroxylation is 1. The Kier molecular flexibility index (Phi) is 9.91. The molecule has 0 N–H and O–H groups in total. The van der Waals surface area contributed by atoms with E-state index >= 15 is 0 Å². The SMILES string of the molecule is CCC(c1ccc(F)c(F)c1)N1CCCCc2cc(Br)ccc2C(=O)CC(Cc2ccc(Cl)cc2)CC1. The van der Waals surface area contributed by atoms with Gasteiger partial charge in [-0.05, 0) is 111 Å². The van der Waals surface area contributed by atoms with Crippen LogP contribution in [0.1, 0.15) is 72.1 Å². The van der Waals surface area contributed by atoms with Crippen LogP contribution in [0.2, 0.25) is 5.02 Å². The van der Waals surface area contributed by atoms with Gasteiger partial charge in [0.15, 0.2) is 17.4 Å². The van der Waals surface area contributed by atoms with Crippen molar-refractivity contribution in [3.63, 3.8) is 0 Å². The summed E-state index contributed by atoms with van der Waals surface area (Å²) < 4.78 is 28.7. The summed E-state index contributed by atoms with van der Waals surface area (Å²) in [6.45, 7) is 3.74. The first-order valence-corrected chi connectivity index (χ1v) is 14.3. The number of nitrogens with zero attached hydrogens (tertiary/aromatic N) is 1. The van der Waals surface area contributed by atoms with Crippen molar-refractivity contribution in [3.8, 4) is 0 Å². The maximum Gasteiger partial charge on any atom is 0.163 e. The molecule has 0 spiro atoms. The fourth-order valence-corrected chi connectivity index (χ4v) is 6.00. The van der Waals surface area contributed by atoms with Gasteiger partial charge in [-0.2, -0.15) is 0 Å². The van der Waals surface area contributed by atoms with E-state index in [2.05, 4.69) is 33.8 Å². The Hall–Kier alpha value is -2.08. The van der Waals surface area contributed by atoms with E-state index in [1.807, 2.05) is 36.4 Å². The summed E-state index contributed by atoms with van der Waals surface area (Å²) in [6, 6.07) is 18.1. The first-order chi connectivity index (χ1) is 17.8. The molecule has 6 heteroatoms. The minimum atomic E-state index is -0.821. The molecule has 0 fully saturated rings. The van der Waals surface area contributed by atoms with E-state index in [1.165, 1.54) is 12.1 Å². The predicted octanol–water partition coefficient (Wildman–Crippen LogP) is 8.99. The molecule has 0 aliphatic carbocycles. The Morgan fingerprint density at radius 1 is 1.00 bits per heavy atom. The molecule has 2 nitrogen and oxygen atoms in total. The lowest BCUT2D eigenvalue weighted by atomic mass is 9.87. The number of ketones is 1. The van der Waals surface area contributed by atoms with Crippen LogP contribution in [0, 0.1) is 17.6 Å². The van der Waals surface area contributed by atoms with E-state index < -0.39 is 11.6 Å². The van der Waals surface area contributed by atoms with Crippen LogP contribution in [0.5, 0.6) is 0 Å². The second-order valence-electron chi connectivity index (χ2n) is 10.0. The molecule has 0 amide bonds. The van der Waals surface area contributed by atoms with E-state index in [4.69, 9.17) is 11.6 Å². The van der Waals surface area contributed by atoms with E-state index in [0.717, 1.165) is 78.3 Å². The van der Waals surface area contributed by atoms with Crippen LogP contribution in [0.25, 0.3) is 0 Å². The highest BCUT2D eigenvalue weighted by Crippen LogP contribution is 2.30. The molecule has 4 rings (SSSR count). The summed E-state index contributed by atoms with van der Waals surface area (Å²) in [6.07, 6.45) is 5.62. The highest BCUT2D eigenvalue weighted by atomic mass is 79.9. The summed E-state index contributed by atoms with van der Waals surface area (Å²) >= 11 is 9.67. The van der Waals surface area contributed by atoms with Gasteiger partial charge in [-0.1, -0.05) is 58.7 Å². The number of Topliss-reactive ketones (excluding diaryl/α,β-unsaturated/α-hetero) is 1. The molecule has 0 saturated heterocycles. The Morgan fingerprint density at radius 2 is 1.78 bits per heavy atom. The molecule has 2 atom stereocenters. The fourth-order valence-electron chi connectivity index (χ4n) is 5.47. The predicted molar refractivity (Wildman–Crippen MR) is 150 cm³/mol. The number of hydrogen-bond donors (Lipinski definition) is 0. The Morgan fingerprint density at radius 3 is 2.51 bits per heavy atom. The molecule has 0 aromatic heterocycles. The number of fused-ring (bicyclic) bond motifs is 1. The van der Waals surface area contributed by atoms with Crippen molar-refractivity contribution >= 4 is 33.3 Å². The quantitative estimate of drug-likeness (QED) is 0.296. The van der Waals surface area contributed by atoms with Crippen molar-refractivity contribution < 1.29 is 13.6 Å². The molecular formula is C31H33BrClF2NO. The second-order valence-corrected chi connectivity index (χ2v) is 11.4. The van der Waals surface area contributed by atoms with E-state index in [0.29, 0.717) is 11.4 Å². The summed E-state index contributed by atoms with van der Waals surface area (Å²) in [5.41, 5.74) is 3.87. The van der Waals surface area contributed by atoms with Gasteiger partial charge in [0.2, 0.25) is 0 Å². The molecule has 0 bridgehead atoms. The zero-order valence-electron chi connectivity index (χ0n) is 21.2. The van der Waals surface area contributed by atoms with Crippen LogP contribution in [-0.2, 0) is 12.8 Å². The van der Waals surface area contributed by atoms with Crippen LogP contribution < -0.4 is 0 Å². The molecule has 1 aliphatic heterocycles. The number of benzene rings is 3. The highest BCUT2D eigenvalue weighted by molar-refractivity contribution is 9.10. The molecule has 0 radical (unpaired) electrons. The average Bonchev–Trinajstić information content (AvgIpc) is 2.87. The molecular weight excluding hydrogens is 556 g/mol. The monoisotopic (exact) mass is 587 g/mol. The number of carbonyl (C=O) groups is 1. The van der Waals surface area contributed by atoms with E-state index in [-0.39, 0.29) is 17.7 Å². The van der Waals surface area contributed by atoms with Crippen LogP contribution in [-0.4, -0.2) is 23.8 Å². The van der Waals surface area contributed by atoms with E-state index in [1.54, 1.807) is 6.07 Å². The molecule has 2 unspecified atom stereocenters. The zero-order valence-corrected chi connectivity index (χ0v) is 23.5. The Balaban J connectivity index is 1.62. The summed E-state index contributed by atoms with van der Waals surface area (Å²) in [5, 5.41) is 0.696. The van der Waals surface area contributed by atoms with Gasteiger partial charge in [0.05, 0.1) is 0 Å². The highest BCUT2D eigenvalue weighted by Gasteiger charge is 2.24. The van der Waals surface area contributed by atoms with Gasteiger partial charge < -0.3 is 0 Å². The molecule has 3 aromatic rings. The third kappa shape index (κ3) is 7.49. The van der Waals surface area contributed by atoms with Crippen LogP contribution in [0.3, 0.4) is 0 Å². The van der Waals surface area contributed by atoms with Gasteiger partial charge in [-0.3, -0.25) is 9.69 Å². The normalized spacial score (nSPS) is 18.5. The third-order valence-electron chi connectivity index (χ3n) is 7.40. The van der Waals surface area contributed by atoms with Crippen LogP contribution in [0.4, 0.5) is 8.78 Å². The molecule has 196 valence electrons. The zero-order chi connectivity index (χ0) is 26.4. The van der Waals surface area contributed by atoms with Gasteiger partial charge in [-0.15, -0.1) is 0 Å². The summed E-state index contributed by atoms with van der Waals surface area (Å²) in [7, 11) is 0. The van der Waals surface area contributed by atoms with Crippen molar-refractivity contribution in [1.29, 1.82) is 0 Å². The number of rotatable bonds is 5. The van der Waals surface area contributed by atoms with Crippen molar-refractivity contribution in [2.24, 2.45) is 5.92 Å². The minimum absolute atomic E-state index is 0.00800. The topological polar surface area (TPSA) is 20.3 Å². The standard InChI is InChI=1S/C31H33BrClF2NO/c1-2-30(24-8-13-28(34)29(35)20-24)36-15-4-3-5-23-19-25(32)9-12-27(23)31(37)18-22(14-16-36)17-21-6-10-26(33)11-7-21/h6-13,19-20,22,30H,2-5,14-18H2,1H3. The lowest BCUT2D eigenvalue weighted by Gasteiger charge is -2.33. The fraction of sp³-hybridized carbons (Fsp3) is 0.387. The average molecular weight is 589 g/mol. The van der Waals surface area contributed by atoms with Gasteiger partial charge in [0.1, 0.15) is 0 Å². The first-order valence-electron chi connectivity index (χ1n) is 13.1. The van der Waals surface area contributed by atoms with Crippen molar-refractivity contribution in [3.05, 3.63) is 104 Å². The largest absolute Gasteiger partial charge is 0.296 e. The smallest absolute Gasteiger partial charge is 0.163 e. The number of halogens is 4. The maximum atomic E-state index is 14.1. The number of carbonyl (C=O) groups excluding carboxylic acids is 1. The lowest BCUT2D eigenvalue weighted by molar-refractivity contribution is 0.0947. The van der Waals surface area contributed by atoms with Gasteiger partial charge in [-0.25, -0.2) is 8.78 Å². The molecule has 0 saturated carbocycles. The van der Waals surface area contributed by atoms with Crippen LogP contribution in [0.15, 0.2) is 65.1 Å². The first kappa shape index (κ1) is 27.9. The van der Waals surface area contributed by atoms with E-state index in [9.17, 15) is 13.6 Å².